The van der Waals surface area contributed by atoms with Gasteiger partial charge in [0.1, 0.15) is 11.6 Å². The summed E-state index contributed by atoms with van der Waals surface area (Å²) in [4.78, 5) is 36.6. The van der Waals surface area contributed by atoms with Gasteiger partial charge in [-0.1, -0.05) is 0 Å². The van der Waals surface area contributed by atoms with Gasteiger partial charge in [0.05, 0.1) is 24.7 Å². The van der Waals surface area contributed by atoms with Gasteiger partial charge in [0.15, 0.2) is 0 Å². The number of aromatic amines is 1. The monoisotopic (exact) mass is 611 g/mol. The number of nitrogens with zero attached hydrogens (tertiary/aromatic N) is 4. The molecular weight excluding hydrogens is 575 g/mol. The Labute approximate surface area is 252 Å². The summed E-state index contributed by atoms with van der Waals surface area (Å²) in [7, 11) is 1.46. The molecule has 2 atom stereocenters. The number of methoxy groups -OCH3 is 1. The third kappa shape index (κ3) is 6.02. The van der Waals surface area contributed by atoms with E-state index in [0.717, 1.165) is 27.2 Å². The lowest BCUT2D eigenvalue weighted by molar-refractivity contribution is -0.0688. The Morgan fingerprint density at radius 3 is 2.45 bits per heavy atom. The molecule has 4 aromatic heterocycles. The summed E-state index contributed by atoms with van der Waals surface area (Å²) in [5.74, 6) is 0.370. The Kier molecular flexibility index (Phi) is 8.97. The first-order valence-electron chi connectivity index (χ1n) is 14.3. The Hall–Kier alpha value is -4.36. The quantitative estimate of drug-likeness (QED) is 0.244. The Morgan fingerprint density at radius 2 is 1.82 bits per heavy atom. The highest BCUT2D eigenvalue weighted by Gasteiger charge is 2.33. The molecule has 1 aliphatic heterocycles. The highest BCUT2D eigenvalue weighted by molar-refractivity contribution is 5.98. The number of halogens is 3. The number of alkyl halides is 3. The van der Waals surface area contributed by atoms with Crippen molar-refractivity contribution in [1.29, 1.82) is 0 Å². The van der Waals surface area contributed by atoms with Gasteiger partial charge in [-0.05, 0) is 56.7 Å². The largest absolute Gasteiger partial charge is 0.496 e. The molecule has 0 aliphatic carbocycles. The number of hydrogen-bond donors (Lipinski definition) is 3. The molecule has 4 aromatic rings. The smallest absolute Gasteiger partial charge is 0.282 e. The number of ether oxygens (including phenoxy) is 1. The minimum Gasteiger partial charge on any atom is -0.496 e. The van der Waals surface area contributed by atoms with Crippen molar-refractivity contribution in [3.63, 3.8) is 0 Å². The van der Waals surface area contributed by atoms with E-state index in [1.54, 1.807) is 31.3 Å². The predicted molar refractivity (Wildman–Crippen MR) is 162 cm³/mol. The summed E-state index contributed by atoms with van der Waals surface area (Å²) in [6.07, 6.45) is -1.78. The van der Waals surface area contributed by atoms with Gasteiger partial charge in [-0.2, -0.15) is 0 Å². The summed E-state index contributed by atoms with van der Waals surface area (Å²) < 4.78 is 47.4. The van der Waals surface area contributed by atoms with Crippen LogP contribution in [0.2, 0.25) is 0 Å². The van der Waals surface area contributed by atoms with Crippen LogP contribution >= 0.6 is 0 Å². The van der Waals surface area contributed by atoms with Crippen LogP contribution in [0.15, 0.2) is 47.5 Å². The van der Waals surface area contributed by atoms with Crippen LogP contribution in [0.3, 0.4) is 0 Å². The number of amides is 1. The van der Waals surface area contributed by atoms with E-state index in [4.69, 9.17) is 10.5 Å². The van der Waals surface area contributed by atoms with Crippen molar-refractivity contribution in [3.8, 4) is 16.9 Å². The average molecular weight is 612 g/mol. The van der Waals surface area contributed by atoms with E-state index in [1.807, 2.05) is 36.6 Å². The number of rotatable bonds is 9. The predicted octanol–water partition coefficient (Wildman–Crippen LogP) is 4.07. The van der Waals surface area contributed by atoms with Gasteiger partial charge in [-0.25, -0.2) is 18.2 Å². The number of hydrogen-bond acceptors (Lipinski definition) is 7. The van der Waals surface area contributed by atoms with Gasteiger partial charge in [-0.15, -0.1) is 0 Å². The first-order valence-corrected chi connectivity index (χ1v) is 14.3. The van der Waals surface area contributed by atoms with E-state index in [2.05, 4.69) is 20.2 Å². The number of carbonyl (C=O) groups is 1. The van der Waals surface area contributed by atoms with E-state index in [1.165, 1.54) is 7.11 Å². The molecule has 5 rings (SSSR count). The number of aryl methyl sites for hydroxylation is 1. The van der Waals surface area contributed by atoms with Crippen molar-refractivity contribution < 1.29 is 22.7 Å². The molecule has 1 amide bonds. The van der Waals surface area contributed by atoms with Crippen molar-refractivity contribution in [3.05, 3.63) is 81.2 Å². The Balaban J connectivity index is 1.53. The molecule has 2 unspecified atom stereocenters. The second kappa shape index (κ2) is 12.7. The molecule has 10 nitrogen and oxygen atoms in total. The molecule has 4 N–H and O–H groups in total. The lowest BCUT2D eigenvalue weighted by Crippen LogP contribution is -2.51. The molecule has 0 spiro atoms. The third-order valence-corrected chi connectivity index (χ3v) is 8.32. The van der Waals surface area contributed by atoms with Gasteiger partial charge < -0.3 is 25.2 Å². The van der Waals surface area contributed by atoms with E-state index < -0.39 is 12.7 Å². The molecule has 13 heteroatoms. The summed E-state index contributed by atoms with van der Waals surface area (Å²) in [5.41, 5.74) is 10.7. The number of nitrogen functional groups attached to an aromatic ring is 1. The topological polar surface area (TPSA) is 121 Å². The fourth-order valence-electron chi connectivity index (χ4n) is 5.93. The maximum absolute atomic E-state index is 14.0. The number of H-pyrrole nitrogens is 1. The fourth-order valence-corrected chi connectivity index (χ4v) is 5.93. The number of anilines is 1. The summed E-state index contributed by atoms with van der Waals surface area (Å²) in [6.45, 7) is 6.58. The number of fused-ring (bicyclic) bond motifs is 1. The number of piperazine rings is 1. The Bertz CT molecular complexity index is 1710. The Morgan fingerprint density at radius 1 is 1.11 bits per heavy atom. The number of aromatic nitrogens is 3. The molecule has 1 fully saturated rings. The average Bonchev–Trinajstić information content (AvgIpc) is 3.42. The van der Waals surface area contributed by atoms with Gasteiger partial charge in [0.2, 0.25) is 6.30 Å². The highest BCUT2D eigenvalue weighted by Crippen LogP contribution is 2.34. The molecule has 44 heavy (non-hydrogen) atoms. The maximum Gasteiger partial charge on any atom is 0.282 e. The van der Waals surface area contributed by atoms with Crippen LogP contribution in [-0.4, -0.2) is 76.1 Å². The van der Waals surface area contributed by atoms with Crippen molar-refractivity contribution >= 4 is 17.2 Å². The molecule has 1 aliphatic rings. The number of nitrogens with one attached hydrogen (secondary N) is 2. The number of carbonyl (C=O) groups excluding carboxylic acids is 1. The van der Waals surface area contributed by atoms with Crippen molar-refractivity contribution in [2.24, 2.45) is 0 Å². The summed E-state index contributed by atoms with van der Waals surface area (Å²) >= 11 is 0. The van der Waals surface area contributed by atoms with Crippen molar-refractivity contribution in [2.45, 2.75) is 46.1 Å². The third-order valence-electron chi connectivity index (χ3n) is 8.32. The van der Waals surface area contributed by atoms with Gasteiger partial charge in [-0.3, -0.25) is 19.4 Å². The second-order valence-electron chi connectivity index (χ2n) is 11.0. The van der Waals surface area contributed by atoms with Crippen molar-refractivity contribution in [2.75, 3.05) is 39.0 Å². The molecule has 0 radical (unpaired) electrons. The second-order valence-corrected chi connectivity index (χ2v) is 11.0. The molecule has 0 bridgehead atoms. The lowest BCUT2D eigenvalue weighted by Gasteiger charge is -2.39. The molecule has 0 saturated carbocycles. The molecule has 234 valence electrons. The molecule has 1 saturated heterocycles. The van der Waals surface area contributed by atoms with Crippen LogP contribution in [0.25, 0.3) is 16.6 Å². The highest BCUT2D eigenvalue weighted by atomic mass is 19.3. The van der Waals surface area contributed by atoms with Gasteiger partial charge in [0.25, 0.3) is 17.9 Å². The maximum atomic E-state index is 14.0. The van der Waals surface area contributed by atoms with Crippen LogP contribution in [0, 0.1) is 13.8 Å². The minimum absolute atomic E-state index is 0.0562. The fraction of sp³-hybridized carbons (Fsp3) is 0.387. The van der Waals surface area contributed by atoms with E-state index >= 15 is 0 Å². The van der Waals surface area contributed by atoms with E-state index in [-0.39, 0.29) is 37.1 Å². The van der Waals surface area contributed by atoms with Crippen LogP contribution in [0.4, 0.5) is 19.0 Å². The standard InChI is InChI=1S/C31H36F3N7O3/c1-17-13-25(44-4)23(31(43)38-17)16-37-30(42)22-14-24-21(20-5-6-26(35)36-15-20)7-8-41(24)27(18(22)2)19(3)39-9-11-40(12-10-39)29(34)28(32)33/h5-8,13-15,19,28-29H,9-12,16H2,1-4H3,(H2,35,36)(H,37,42)(H,38,43). The normalized spacial score (nSPS) is 15.9. The lowest BCUT2D eigenvalue weighted by atomic mass is 9.99. The van der Waals surface area contributed by atoms with E-state index in [0.29, 0.717) is 47.0 Å². The van der Waals surface area contributed by atoms with Gasteiger partial charge >= 0.3 is 0 Å². The zero-order chi connectivity index (χ0) is 31.7. The zero-order valence-electron chi connectivity index (χ0n) is 25.0. The zero-order valence-corrected chi connectivity index (χ0v) is 25.0. The SMILES string of the molecule is COc1cc(C)[nH]c(=O)c1CNC(=O)c1cc2c(-c3ccc(N)nc3)ccn2c(C(C)N2CCN(C(F)C(F)F)CC2)c1C. The van der Waals surface area contributed by atoms with Crippen LogP contribution in [0.1, 0.15) is 45.8 Å². The number of pyridine rings is 3. The molecule has 5 heterocycles. The summed E-state index contributed by atoms with van der Waals surface area (Å²) in [6, 6.07) is 8.74. The molecule has 0 aromatic carbocycles. The van der Waals surface area contributed by atoms with Crippen molar-refractivity contribution in [1.82, 2.24) is 29.5 Å². The van der Waals surface area contributed by atoms with Gasteiger partial charge in [0, 0.05) is 72.7 Å². The van der Waals surface area contributed by atoms with Crippen LogP contribution in [0.5, 0.6) is 5.75 Å². The summed E-state index contributed by atoms with van der Waals surface area (Å²) in [5, 5.41) is 2.88. The first kappa shape index (κ1) is 31.1. The minimum atomic E-state index is -3.06. The van der Waals surface area contributed by atoms with Crippen LogP contribution in [-0.2, 0) is 6.54 Å². The van der Waals surface area contributed by atoms with Crippen LogP contribution < -0.4 is 21.3 Å². The number of nitrogens with two attached hydrogens (primary N) is 1. The molecular formula is C31H36F3N7O3. The first-order chi connectivity index (χ1) is 21.0. The van der Waals surface area contributed by atoms with E-state index in [9.17, 15) is 22.8 Å².